The number of benzene rings is 1. The third kappa shape index (κ3) is 4.68. The van der Waals surface area contributed by atoms with E-state index in [1.807, 2.05) is 6.07 Å². The van der Waals surface area contributed by atoms with Gasteiger partial charge in [0.1, 0.15) is 23.2 Å². The molecule has 2 aromatic rings. The van der Waals surface area contributed by atoms with E-state index < -0.39 is 5.97 Å². The van der Waals surface area contributed by atoms with Crippen LogP contribution in [0.15, 0.2) is 46.4 Å². The molecule has 1 aromatic heterocycles. The summed E-state index contributed by atoms with van der Waals surface area (Å²) in [7, 11) is 1.33. The maximum absolute atomic E-state index is 12.4. The molecule has 28 heavy (non-hydrogen) atoms. The number of ether oxygens (including phenoxy) is 1. The predicted octanol–water partition coefficient (Wildman–Crippen LogP) is 4.09. The Labute approximate surface area is 163 Å². The van der Waals surface area contributed by atoms with Gasteiger partial charge in [0, 0.05) is 17.7 Å². The fraction of sp³-hybridized carbons (Fsp3) is 0.318. The van der Waals surface area contributed by atoms with Crippen molar-refractivity contribution in [3.63, 3.8) is 0 Å². The Kier molecular flexibility index (Phi) is 6.28. The molecule has 6 nitrogen and oxygen atoms in total. The van der Waals surface area contributed by atoms with E-state index in [0.717, 1.165) is 31.2 Å². The van der Waals surface area contributed by atoms with Gasteiger partial charge in [-0.1, -0.05) is 31.4 Å². The molecule has 1 aliphatic rings. The summed E-state index contributed by atoms with van der Waals surface area (Å²) in [6.45, 7) is 0. The Morgan fingerprint density at radius 3 is 2.50 bits per heavy atom. The molecule has 3 rings (SSSR count). The second kappa shape index (κ2) is 9.05. The molecule has 1 fully saturated rings. The normalized spacial score (nSPS) is 14.9. The quantitative estimate of drug-likeness (QED) is 0.481. The summed E-state index contributed by atoms with van der Waals surface area (Å²) in [5.74, 6) is 0.224. The average Bonchev–Trinajstić information content (AvgIpc) is 3.21. The summed E-state index contributed by atoms with van der Waals surface area (Å²) < 4.78 is 10.4. The van der Waals surface area contributed by atoms with Crippen molar-refractivity contribution >= 4 is 18.0 Å². The van der Waals surface area contributed by atoms with Crippen molar-refractivity contribution in [3.05, 3.63) is 53.3 Å². The first-order chi connectivity index (χ1) is 13.6. The van der Waals surface area contributed by atoms with Crippen LogP contribution in [-0.2, 0) is 9.53 Å². The van der Waals surface area contributed by atoms with Crippen molar-refractivity contribution < 1.29 is 18.7 Å². The average molecular weight is 378 g/mol. The Hall–Kier alpha value is -3.33. The number of hydrogen-bond acceptors (Lipinski definition) is 5. The first-order valence-corrected chi connectivity index (χ1v) is 9.32. The fourth-order valence-electron chi connectivity index (χ4n) is 3.27. The number of nitrogens with one attached hydrogen (secondary N) is 1. The second-order valence-electron chi connectivity index (χ2n) is 6.75. The SMILES string of the molecule is COC(=O)c1ccc(-c2ccc(/C=C(\C#N)C(=O)NC3CCCCC3)o2)cc1. The molecule has 0 unspecified atom stereocenters. The number of carbonyl (C=O) groups is 2. The number of esters is 1. The maximum atomic E-state index is 12.4. The van der Waals surface area contributed by atoms with Crippen molar-refractivity contribution in [1.29, 1.82) is 5.26 Å². The third-order valence-electron chi connectivity index (χ3n) is 4.81. The number of nitriles is 1. The number of furan rings is 1. The van der Waals surface area contributed by atoms with Crippen LogP contribution in [0.25, 0.3) is 17.4 Å². The van der Waals surface area contributed by atoms with E-state index in [2.05, 4.69) is 10.1 Å². The van der Waals surface area contributed by atoms with Crippen molar-refractivity contribution in [2.75, 3.05) is 7.11 Å². The van der Waals surface area contributed by atoms with E-state index in [1.54, 1.807) is 36.4 Å². The lowest BCUT2D eigenvalue weighted by molar-refractivity contribution is -0.117. The number of nitrogens with zero attached hydrogens (tertiary/aromatic N) is 1. The molecule has 144 valence electrons. The minimum absolute atomic E-state index is 0.0208. The van der Waals surface area contributed by atoms with E-state index in [0.29, 0.717) is 17.1 Å². The Balaban J connectivity index is 1.71. The summed E-state index contributed by atoms with van der Waals surface area (Å²) in [4.78, 5) is 23.9. The van der Waals surface area contributed by atoms with Crippen molar-refractivity contribution in [2.24, 2.45) is 0 Å². The topological polar surface area (TPSA) is 92.3 Å². The van der Waals surface area contributed by atoms with Gasteiger partial charge in [0.2, 0.25) is 0 Å². The molecule has 0 bridgehead atoms. The Bertz CT molecular complexity index is 913. The first-order valence-electron chi connectivity index (χ1n) is 9.32. The lowest BCUT2D eigenvalue weighted by Gasteiger charge is -2.22. The number of amides is 1. The highest BCUT2D eigenvalue weighted by molar-refractivity contribution is 6.01. The highest BCUT2D eigenvalue weighted by atomic mass is 16.5. The highest BCUT2D eigenvalue weighted by Crippen LogP contribution is 2.24. The van der Waals surface area contributed by atoms with Crippen LogP contribution in [0, 0.1) is 11.3 Å². The number of methoxy groups -OCH3 is 1. The zero-order valence-electron chi connectivity index (χ0n) is 15.7. The lowest BCUT2D eigenvalue weighted by atomic mass is 9.95. The molecule has 0 atom stereocenters. The summed E-state index contributed by atoms with van der Waals surface area (Å²) in [6, 6.07) is 12.4. The summed E-state index contributed by atoms with van der Waals surface area (Å²) >= 11 is 0. The Morgan fingerprint density at radius 1 is 1.14 bits per heavy atom. The molecule has 0 saturated heterocycles. The van der Waals surface area contributed by atoms with E-state index in [-0.39, 0.29) is 17.5 Å². The molecule has 0 radical (unpaired) electrons. The smallest absolute Gasteiger partial charge is 0.337 e. The third-order valence-corrected chi connectivity index (χ3v) is 4.81. The van der Waals surface area contributed by atoms with Gasteiger partial charge in [-0.05, 0) is 37.1 Å². The van der Waals surface area contributed by atoms with Gasteiger partial charge in [-0.15, -0.1) is 0 Å². The number of hydrogen-bond donors (Lipinski definition) is 1. The molecule has 1 N–H and O–H groups in total. The minimum Gasteiger partial charge on any atom is -0.465 e. The van der Waals surface area contributed by atoms with E-state index in [4.69, 9.17) is 4.42 Å². The summed E-state index contributed by atoms with van der Waals surface area (Å²) in [5, 5.41) is 12.3. The monoisotopic (exact) mass is 378 g/mol. The van der Waals surface area contributed by atoms with Crippen molar-refractivity contribution in [2.45, 2.75) is 38.1 Å². The largest absolute Gasteiger partial charge is 0.465 e. The Morgan fingerprint density at radius 2 is 1.86 bits per heavy atom. The molecule has 1 aliphatic carbocycles. The molecule has 1 heterocycles. The molecule has 0 spiro atoms. The molecule has 0 aliphatic heterocycles. The van der Waals surface area contributed by atoms with Crippen LogP contribution in [0.2, 0.25) is 0 Å². The van der Waals surface area contributed by atoms with Gasteiger partial charge in [0.15, 0.2) is 0 Å². The standard InChI is InChI=1S/C22H22N2O4/c1-27-22(26)16-9-7-15(8-10-16)20-12-11-19(28-20)13-17(14-23)21(25)24-18-5-3-2-4-6-18/h7-13,18H,2-6H2,1H3,(H,24,25)/b17-13+. The zero-order chi connectivity index (χ0) is 19.9. The summed E-state index contributed by atoms with van der Waals surface area (Å²) in [6.07, 6.45) is 6.77. The number of carbonyl (C=O) groups excluding carboxylic acids is 2. The van der Waals surface area contributed by atoms with E-state index in [1.165, 1.54) is 19.6 Å². The van der Waals surface area contributed by atoms with Crippen LogP contribution in [0.3, 0.4) is 0 Å². The molecule has 1 aromatic carbocycles. The molecular formula is C22H22N2O4. The van der Waals surface area contributed by atoms with Crippen LogP contribution < -0.4 is 5.32 Å². The molecule has 1 amide bonds. The van der Waals surface area contributed by atoms with Gasteiger partial charge in [0.25, 0.3) is 5.91 Å². The molecule has 1 saturated carbocycles. The predicted molar refractivity (Wildman–Crippen MR) is 104 cm³/mol. The summed E-state index contributed by atoms with van der Waals surface area (Å²) in [5.41, 5.74) is 1.24. The van der Waals surface area contributed by atoms with Gasteiger partial charge >= 0.3 is 5.97 Å². The van der Waals surface area contributed by atoms with Crippen LogP contribution in [-0.4, -0.2) is 25.0 Å². The van der Waals surface area contributed by atoms with E-state index in [9.17, 15) is 14.9 Å². The second-order valence-corrected chi connectivity index (χ2v) is 6.75. The van der Waals surface area contributed by atoms with Crippen molar-refractivity contribution in [3.8, 4) is 17.4 Å². The molecular weight excluding hydrogens is 356 g/mol. The van der Waals surface area contributed by atoms with Gasteiger partial charge in [-0.25, -0.2) is 4.79 Å². The minimum atomic E-state index is -0.405. The number of rotatable bonds is 5. The zero-order valence-corrected chi connectivity index (χ0v) is 15.7. The van der Waals surface area contributed by atoms with Crippen LogP contribution >= 0.6 is 0 Å². The van der Waals surface area contributed by atoms with Gasteiger partial charge < -0.3 is 14.5 Å². The maximum Gasteiger partial charge on any atom is 0.337 e. The van der Waals surface area contributed by atoms with Crippen LogP contribution in [0.5, 0.6) is 0 Å². The first kappa shape index (κ1) is 19.4. The highest BCUT2D eigenvalue weighted by Gasteiger charge is 2.18. The fourth-order valence-corrected chi connectivity index (χ4v) is 3.27. The van der Waals surface area contributed by atoms with Gasteiger partial charge in [-0.3, -0.25) is 4.79 Å². The van der Waals surface area contributed by atoms with Gasteiger partial charge in [0.05, 0.1) is 12.7 Å². The van der Waals surface area contributed by atoms with Gasteiger partial charge in [-0.2, -0.15) is 5.26 Å². The van der Waals surface area contributed by atoms with E-state index >= 15 is 0 Å². The van der Waals surface area contributed by atoms with Crippen LogP contribution in [0.4, 0.5) is 0 Å². The molecule has 6 heteroatoms. The van der Waals surface area contributed by atoms with Crippen molar-refractivity contribution in [1.82, 2.24) is 5.32 Å². The van der Waals surface area contributed by atoms with Crippen LogP contribution in [0.1, 0.15) is 48.2 Å². The lowest BCUT2D eigenvalue weighted by Crippen LogP contribution is -2.36.